The lowest BCUT2D eigenvalue weighted by atomic mass is 9.87. The second-order valence-corrected chi connectivity index (χ2v) is 4.85. The molecule has 0 aromatic carbocycles. The lowest BCUT2D eigenvalue weighted by Gasteiger charge is -2.25. The van der Waals surface area contributed by atoms with Crippen molar-refractivity contribution in [3.63, 3.8) is 0 Å². The molecule has 0 radical (unpaired) electrons. The Labute approximate surface area is 93.6 Å². The van der Waals surface area contributed by atoms with E-state index >= 15 is 0 Å². The van der Waals surface area contributed by atoms with Gasteiger partial charge in [0.25, 0.3) is 0 Å². The van der Waals surface area contributed by atoms with Gasteiger partial charge in [0.05, 0.1) is 6.04 Å². The third-order valence-corrected chi connectivity index (χ3v) is 2.15. The largest absolute Gasteiger partial charge is 0.389 e. The molecule has 1 amide bonds. The van der Waals surface area contributed by atoms with Crippen LogP contribution >= 0.6 is 0 Å². The van der Waals surface area contributed by atoms with Crippen LogP contribution in [0.15, 0.2) is 0 Å². The minimum absolute atomic E-state index is 0.00211. The Kier molecular flexibility index (Phi) is 5.25. The normalized spacial score (nSPS) is 14.7. The summed E-state index contributed by atoms with van der Waals surface area (Å²) in [5, 5.41) is 2.40. The Morgan fingerprint density at radius 2 is 1.81 bits per heavy atom. The molecule has 3 nitrogen and oxygen atoms in total. The standard InChI is InChI=1S/C10H19F3N2O/c1-9(2,3)7(14)8(16)15-6-4-5-10(11,12)13/h7H,4-6,14H2,1-3H3,(H,15,16). The molecular weight excluding hydrogens is 221 g/mol. The fraction of sp³-hybridized carbons (Fsp3) is 0.900. The summed E-state index contributed by atoms with van der Waals surface area (Å²) >= 11 is 0. The number of amides is 1. The zero-order chi connectivity index (χ0) is 13.0. The molecule has 3 N–H and O–H groups in total. The van der Waals surface area contributed by atoms with Gasteiger partial charge in [0.1, 0.15) is 0 Å². The van der Waals surface area contributed by atoms with Crippen LogP contribution in [0.4, 0.5) is 13.2 Å². The maximum Gasteiger partial charge on any atom is 0.389 e. The zero-order valence-corrected chi connectivity index (χ0v) is 9.82. The fourth-order valence-electron chi connectivity index (χ4n) is 1.00. The van der Waals surface area contributed by atoms with E-state index in [-0.39, 0.29) is 13.0 Å². The third-order valence-electron chi connectivity index (χ3n) is 2.15. The van der Waals surface area contributed by atoms with Crippen LogP contribution in [0.2, 0.25) is 0 Å². The lowest BCUT2D eigenvalue weighted by molar-refractivity contribution is -0.136. The summed E-state index contributed by atoms with van der Waals surface area (Å²) in [4.78, 5) is 11.4. The van der Waals surface area contributed by atoms with Crippen molar-refractivity contribution in [1.29, 1.82) is 0 Å². The second-order valence-electron chi connectivity index (χ2n) is 4.85. The molecule has 0 rings (SSSR count). The summed E-state index contributed by atoms with van der Waals surface area (Å²) in [6.45, 7) is 5.40. The summed E-state index contributed by atoms with van der Waals surface area (Å²) in [7, 11) is 0. The van der Waals surface area contributed by atoms with Gasteiger partial charge in [-0.1, -0.05) is 20.8 Å². The molecule has 0 bridgehead atoms. The minimum atomic E-state index is -4.17. The highest BCUT2D eigenvalue weighted by molar-refractivity contribution is 5.82. The predicted molar refractivity (Wildman–Crippen MR) is 55.7 cm³/mol. The molecule has 0 aliphatic rings. The van der Waals surface area contributed by atoms with Gasteiger partial charge >= 0.3 is 6.18 Å². The zero-order valence-electron chi connectivity index (χ0n) is 9.82. The van der Waals surface area contributed by atoms with E-state index in [0.29, 0.717) is 0 Å². The molecule has 0 heterocycles. The van der Waals surface area contributed by atoms with E-state index in [1.165, 1.54) is 0 Å². The molecule has 0 aliphatic carbocycles. The van der Waals surface area contributed by atoms with Gasteiger partial charge in [0, 0.05) is 13.0 Å². The number of nitrogens with one attached hydrogen (secondary N) is 1. The van der Waals surface area contributed by atoms with E-state index in [2.05, 4.69) is 5.32 Å². The van der Waals surface area contributed by atoms with Crippen molar-refractivity contribution in [2.45, 2.75) is 45.8 Å². The first-order valence-electron chi connectivity index (χ1n) is 5.14. The van der Waals surface area contributed by atoms with Gasteiger partial charge in [-0.2, -0.15) is 13.2 Å². The van der Waals surface area contributed by atoms with Gasteiger partial charge in [0.2, 0.25) is 5.91 Å². The molecule has 6 heteroatoms. The third kappa shape index (κ3) is 6.66. The summed E-state index contributed by atoms with van der Waals surface area (Å²) in [5.41, 5.74) is 5.23. The van der Waals surface area contributed by atoms with E-state index < -0.39 is 30.0 Å². The number of carbonyl (C=O) groups excluding carboxylic acids is 1. The molecule has 0 spiro atoms. The highest BCUT2D eigenvalue weighted by atomic mass is 19.4. The first kappa shape index (κ1) is 15.2. The number of hydrogen-bond acceptors (Lipinski definition) is 2. The van der Waals surface area contributed by atoms with Crippen molar-refractivity contribution < 1.29 is 18.0 Å². The topological polar surface area (TPSA) is 55.1 Å². The maximum absolute atomic E-state index is 11.8. The van der Waals surface area contributed by atoms with Gasteiger partial charge < -0.3 is 11.1 Å². The van der Waals surface area contributed by atoms with Crippen LogP contribution in [0.25, 0.3) is 0 Å². The van der Waals surface area contributed by atoms with Crippen LogP contribution in [0.3, 0.4) is 0 Å². The number of halogens is 3. The second kappa shape index (κ2) is 5.52. The van der Waals surface area contributed by atoms with E-state index in [1.807, 2.05) is 0 Å². The average molecular weight is 240 g/mol. The molecular formula is C10H19F3N2O. The predicted octanol–water partition coefficient (Wildman–Crippen LogP) is 1.82. The quantitative estimate of drug-likeness (QED) is 0.736. The maximum atomic E-state index is 11.8. The monoisotopic (exact) mass is 240 g/mol. The van der Waals surface area contributed by atoms with E-state index in [4.69, 9.17) is 5.73 Å². The molecule has 0 aromatic rings. The Bertz CT molecular complexity index is 233. The van der Waals surface area contributed by atoms with Crippen molar-refractivity contribution in [3.8, 4) is 0 Å². The molecule has 0 aromatic heterocycles. The molecule has 0 fully saturated rings. The molecule has 16 heavy (non-hydrogen) atoms. The van der Waals surface area contributed by atoms with Crippen molar-refractivity contribution in [3.05, 3.63) is 0 Å². The number of hydrogen-bond donors (Lipinski definition) is 2. The molecule has 1 atom stereocenters. The van der Waals surface area contributed by atoms with Crippen LogP contribution in [-0.2, 0) is 4.79 Å². The first-order valence-corrected chi connectivity index (χ1v) is 5.14. The fourth-order valence-corrected chi connectivity index (χ4v) is 1.00. The summed E-state index contributed by atoms with van der Waals surface area (Å²) in [5.74, 6) is -0.408. The van der Waals surface area contributed by atoms with Crippen molar-refractivity contribution >= 4 is 5.91 Å². The van der Waals surface area contributed by atoms with Crippen LogP contribution < -0.4 is 11.1 Å². The van der Waals surface area contributed by atoms with Crippen LogP contribution in [0, 0.1) is 5.41 Å². The Balaban J connectivity index is 3.83. The van der Waals surface area contributed by atoms with E-state index in [0.717, 1.165) is 0 Å². The molecule has 0 aliphatic heterocycles. The Morgan fingerprint density at radius 1 is 1.31 bits per heavy atom. The molecule has 0 saturated heterocycles. The van der Waals surface area contributed by atoms with E-state index in [9.17, 15) is 18.0 Å². The molecule has 0 saturated carbocycles. The molecule has 96 valence electrons. The van der Waals surface area contributed by atoms with Crippen molar-refractivity contribution in [2.75, 3.05) is 6.54 Å². The van der Waals surface area contributed by atoms with E-state index in [1.54, 1.807) is 20.8 Å². The number of nitrogens with two attached hydrogens (primary N) is 1. The highest BCUT2D eigenvalue weighted by Crippen LogP contribution is 2.21. The Morgan fingerprint density at radius 3 is 2.19 bits per heavy atom. The van der Waals surface area contributed by atoms with Gasteiger partial charge in [0.15, 0.2) is 0 Å². The highest BCUT2D eigenvalue weighted by Gasteiger charge is 2.28. The van der Waals surface area contributed by atoms with Crippen LogP contribution in [0.5, 0.6) is 0 Å². The summed E-state index contributed by atoms with van der Waals surface area (Å²) in [6.07, 6.45) is -5.18. The van der Waals surface area contributed by atoms with Crippen molar-refractivity contribution in [2.24, 2.45) is 11.1 Å². The lowest BCUT2D eigenvalue weighted by Crippen LogP contribution is -2.48. The molecule has 1 unspecified atom stereocenters. The summed E-state index contributed by atoms with van der Waals surface area (Å²) < 4.78 is 35.4. The van der Waals surface area contributed by atoms with Gasteiger partial charge in [-0.05, 0) is 11.8 Å². The number of rotatable bonds is 4. The van der Waals surface area contributed by atoms with Gasteiger partial charge in [-0.25, -0.2) is 0 Å². The average Bonchev–Trinajstić information content (AvgIpc) is 2.07. The van der Waals surface area contributed by atoms with Crippen LogP contribution in [0.1, 0.15) is 33.6 Å². The number of carbonyl (C=O) groups is 1. The van der Waals surface area contributed by atoms with Gasteiger partial charge in [-0.3, -0.25) is 4.79 Å². The SMILES string of the molecule is CC(C)(C)C(N)C(=O)NCCCC(F)(F)F. The minimum Gasteiger partial charge on any atom is -0.355 e. The van der Waals surface area contributed by atoms with Gasteiger partial charge in [-0.15, -0.1) is 0 Å². The first-order chi connectivity index (χ1) is 7.04. The van der Waals surface area contributed by atoms with Crippen LogP contribution in [-0.4, -0.2) is 24.7 Å². The smallest absolute Gasteiger partial charge is 0.355 e. The Hall–Kier alpha value is -0.780. The summed E-state index contributed by atoms with van der Waals surface area (Å²) in [6, 6.07) is -0.710. The number of alkyl halides is 3. The van der Waals surface area contributed by atoms with Crippen molar-refractivity contribution in [1.82, 2.24) is 5.32 Å².